The first-order valence-corrected chi connectivity index (χ1v) is 6.53. The predicted molar refractivity (Wildman–Crippen MR) is 78.7 cm³/mol. The number of aryl methyl sites for hydroxylation is 1. The van der Waals surface area contributed by atoms with Crippen LogP contribution in [0.25, 0.3) is 10.9 Å². The Morgan fingerprint density at radius 2 is 1.84 bits per heavy atom. The Labute approximate surface area is 117 Å². The van der Waals surface area contributed by atoms with Crippen molar-refractivity contribution in [2.24, 2.45) is 7.05 Å². The maximum absolute atomic E-state index is 6.03. The SMILES string of the molecule is Cn1c(COc2ccccc2)cc2ccc(Cl)cc21. The molecule has 3 heteroatoms. The lowest BCUT2D eigenvalue weighted by Crippen LogP contribution is -2.01. The monoisotopic (exact) mass is 271 g/mol. The van der Waals surface area contributed by atoms with Gasteiger partial charge in [0.1, 0.15) is 12.4 Å². The van der Waals surface area contributed by atoms with Gasteiger partial charge in [-0.25, -0.2) is 0 Å². The molecule has 2 nitrogen and oxygen atoms in total. The fraction of sp³-hybridized carbons (Fsp3) is 0.125. The summed E-state index contributed by atoms with van der Waals surface area (Å²) in [6.45, 7) is 0.548. The third-order valence-corrected chi connectivity index (χ3v) is 3.47. The molecule has 0 unspecified atom stereocenters. The highest BCUT2D eigenvalue weighted by Gasteiger charge is 2.06. The molecule has 0 atom stereocenters. The van der Waals surface area contributed by atoms with Crippen molar-refractivity contribution in [3.8, 4) is 5.75 Å². The molecular formula is C16H14ClNO. The van der Waals surface area contributed by atoms with Gasteiger partial charge < -0.3 is 9.30 Å². The number of hydrogen-bond acceptors (Lipinski definition) is 1. The number of halogens is 1. The highest BCUT2D eigenvalue weighted by molar-refractivity contribution is 6.31. The van der Waals surface area contributed by atoms with Crippen LogP contribution in [0, 0.1) is 0 Å². The van der Waals surface area contributed by atoms with Gasteiger partial charge >= 0.3 is 0 Å². The molecule has 96 valence electrons. The molecule has 19 heavy (non-hydrogen) atoms. The summed E-state index contributed by atoms with van der Waals surface area (Å²) in [6, 6.07) is 17.9. The van der Waals surface area contributed by atoms with E-state index in [-0.39, 0.29) is 0 Å². The summed E-state index contributed by atoms with van der Waals surface area (Å²) < 4.78 is 7.89. The van der Waals surface area contributed by atoms with E-state index in [4.69, 9.17) is 16.3 Å². The van der Waals surface area contributed by atoms with Crippen LogP contribution in [0.3, 0.4) is 0 Å². The molecule has 0 saturated heterocycles. The van der Waals surface area contributed by atoms with Crippen molar-refractivity contribution in [2.45, 2.75) is 6.61 Å². The summed E-state index contributed by atoms with van der Waals surface area (Å²) in [5.74, 6) is 0.880. The van der Waals surface area contributed by atoms with Gasteiger partial charge in [-0.15, -0.1) is 0 Å². The Balaban J connectivity index is 1.87. The molecule has 0 aliphatic rings. The van der Waals surface area contributed by atoms with Crippen LogP contribution in [-0.4, -0.2) is 4.57 Å². The highest BCUT2D eigenvalue weighted by Crippen LogP contribution is 2.23. The van der Waals surface area contributed by atoms with Gasteiger partial charge in [-0.3, -0.25) is 0 Å². The van der Waals surface area contributed by atoms with Crippen molar-refractivity contribution in [1.82, 2.24) is 4.57 Å². The molecule has 0 amide bonds. The van der Waals surface area contributed by atoms with Gasteiger partial charge in [0.2, 0.25) is 0 Å². The first-order chi connectivity index (χ1) is 9.24. The van der Waals surface area contributed by atoms with Crippen LogP contribution in [0.4, 0.5) is 0 Å². The van der Waals surface area contributed by atoms with E-state index in [0.29, 0.717) is 6.61 Å². The van der Waals surface area contributed by atoms with Gasteiger partial charge in [0.15, 0.2) is 0 Å². The Morgan fingerprint density at radius 3 is 2.63 bits per heavy atom. The normalized spacial score (nSPS) is 10.8. The summed E-state index contributed by atoms with van der Waals surface area (Å²) in [5, 5.41) is 1.93. The minimum atomic E-state index is 0.548. The molecule has 0 aliphatic carbocycles. The summed E-state index contributed by atoms with van der Waals surface area (Å²) in [7, 11) is 2.03. The Morgan fingerprint density at radius 1 is 1.05 bits per heavy atom. The molecule has 0 fully saturated rings. The van der Waals surface area contributed by atoms with Gasteiger partial charge in [0.05, 0.1) is 5.69 Å². The quantitative estimate of drug-likeness (QED) is 0.688. The number of fused-ring (bicyclic) bond motifs is 1. The molecule has 3 rings (SSSR count). The molecule has 1 aromatic heterocycles. The maximum atomic E-state index is 6.03. The van der Waals surface area contributed by atoms with Crippen LogP contribution in [0.5, 0.6) is 5.75 Å². The Hall–Kier alpha value is -1.93. The lowest BCUT2D eigenvalue weighted by atomic mass is 10.2. The summed E-state index contributed by atoms with van der Waals surface area (Å²) in [5.41, 5.74) is 2.25. The maximum Gasteiger partial charge on any atom is 0.128 e. The number of rotatable bonds is 3. The van der Waals surface area contributed by atoms with Gasteiger partial charge in [-0.05, 0) is 30.3 Å². The predicted octanol–water partition coefficient (Wildman–Crippen LogP) is 4.41. The zero-order valence-corrected chi connectivity index (χ0v) is 11.4. The van der Waals surface area contributed by atoms with E-state index in [9.17, 15) is 0 Å². The molecule has 0 N–H and O–H groups in total. The topological polar surface area (TPSA) is 14.2 Å². The van der Waals surface area contributed by atoms with Crippen LogP contribution in [-0.2, 0) is 13.7 Å². The molecule has 0 spiro atoms. The highest BCUT2D eigenvalue weighted by atomic mass is 35.5. The average molecular weight is 272 g/mol. The third-order valence-electron chi connectivity index (χ3n) is 3.24. The van der Waals surface area contributed by atoms with E-state index < -0.39 is 0 Å². The standard InChI is InChI=1S/C16H14ClNO/c1-18-14(11-19-15-5-3-2-4-6-15)9-12-7-8-13(17)10-16(12)18/h2-10H,11H2,1H3. The zero-order valence-electron chi connectivity index (χ0n) is 10.6. The summed E-state index contributed by atoms with van der Waals surface area (Å²) in [6.07, 6.45) is 0. The van der Waals surface area contributed by atoms with Gasteiger partial charge in [-0.2, -0.15) is 0 Å². The lowest BCUT2D eigenvalue weighted by Gasteiger charge is -2.07. The lowest BCUT2D eigenvalue weighted by molar-refractivity contribution is 0.298. The second-order valence-electron chi connectivity index (χ2n) is 4.50. The van der Waals surface area contributed by atoms with Crippen molar-refractivity contribution in [2.75, 3.05) is 0 Å². The van der Waals surface area contributed by atoms with Crippen LogP contribution in [0.1, 0.15) is 5.69 Å². The molecule has 1 heterocycles. The van der Waals surface area contributed by atoms with Crippen molar-refractivity contribution in [3.05, 3.63) is 65.3 Å². The summed E-state index contributed by atoms with van der Waals surface area (Å²) in [4.78, 5) is 0. The van der Waals surface area contributed by atoms with Gasteiger partial charge in [-0.1, -0.05) is 35.9 Å². The van der Waals surface area contributed by atoms with Crippen molar-refractivity contribution in [1.29, 1.82) is 0 Å². The van der Waals surface area contributed by atoms with Crippen LogP contribution in [0.2, 0.25) is 5.02 Å². The molecule has 3 aromatic rings. The second-order valence-corrected chi connectivity index (χ2v) is 4.94. The van der Waals surface area contributed by atoms with E-state index in [1.165, 1.54) is 5.39 Å². The number of benzene rings is 2. The fourth-order valence-corrected chi connectivity index (χ4v) is 2.34. The number of para-hydroxylation sites is 1. The van der Waals surface area contributed by atoms with Crippen LogP contribution >= 0.6 is 11.6 Å². The summed E-state index contributed by atoms with van der Waals surface area (Å²) >= 11 is 6.03. The number of aromatic nitrogens is 1. The number of ether oxygens (including phenoxy) is 1. The molecule has 0 saturated carbocycles. The largest absolute Gasteiger partial charge is 0.487 e. The third kappa shape index (κ3) is 2.45. The first kappa shape index (κ1) is 12.1. The molecule has 0 aliphatic heterocycles. The van der Waals surface area contributed by atoms with E-state index in [0.717, 1.165) is 22.0 Å². The van der Waals surface area contributed by atoms with Gasteiger partial charge in [0.25, 0.3) is 0 Å². The van der Waals surface area contributed by atoms with Crippen molar-refractivity contribution < 1.29 is 4.74 Å². The minimum absolute atomic E-state index is 0.548. The smallest absolute Gasteiger partial charge is 0.128 e. The number of hydrogen-bond donors (Lipinski definition) is 0. The van der Waals surface area contributed by atoms with E-state index in [1.54, 1.807) is 0 Å². The van der Waals surface area contributed by atoms with Crippen LogP contribution < -0.4 is 4.74 Å². The minimum Gasteiger partial charge on any atom is -0.487 e. The molecule has 0 radical (unpaired) electrons. The average Bonchev–Trinajstić information content (AvgIpc) is 2.74. The van der Waals surface area contributed by atoms with E-state index in [1.807, 2.05) is 55.6 Å². The molecule has 0 bridgehead atoms. The van der Waals surface area contributed by atoms with E-state index in [2.05, 4.69) is 10.6 Å². The van der Waals surface area contributed by atoms with Crippen LogP contribution in [0.15, 0.2) is 54.6 Å². The molecular weight excluding hydrogens is 258 g/mol. The fourth-order valence-electron chi connectivity index (χ4n) is 2.17. The molecule has 2 aromatic carbocycles. The number of nitrogens with zero attached hydrogens (tertiary/aromatic N) is 1. The van der Waals surface area contributed by atoms with Gasteiger partial charge in [0, 0.05) is 23.0 Å². The van der Waals surface area contributed by atoms with Crippen molar-refractivity contribution in [3.63, 3.8) is 0 Å². The van der Waals surface area contributed by atoms with Crippen molar-refractivity contribution >= 4 is 22.5 Å². The van der Waals surface area contributed by atoms with E-state index >= 15 is 0 Å². The Bertz CT molecular complexity index is 703. The zero-order chi connectivity index (χ0) is 13.2. The first-order valence-electron chi connectivity index (χ1n) is 6.16. The second kappa shape index (κ2) is 4.98. The Kier molecular flexibility index (Phi) is 3.18.